The first kappa shape index (κ1) is 27.4. The van der Waals surface area contributed by atoms with Crippen LogP contribution in [0.2, 0.25) is 0 Å². The minimum atomic E-state index is -4.75. The van der Waals surface area contributed by atoms with E-state index in [1.807, 2.05) is 6.92 Å². The number of fused-ring (bicyclic) bond motifs is 1. The summed E-state index contributed by atoms with van der Waals surface area (Å²) in [5, 5.41) is 1.09. The molecule has 0 heterocycles. The Kier molecular flexibility index (Phi) is 8.49. The molecular weight excluding hydrogens is 506 g/mol. The molecule has 0 unspecified atom stereocenters. The highest BCUT2D eigenvalue weighted by atomic mass is 19.4. The molecule has 0 spiro atoms. The van der Waals surface area contributed by atoms with E-state index in [1.54, 1.807) is 30.3 Å². The largest absolute Gasteiger partial charge is 0.573 e. The van der Waals surface area contributed by atoms with Gasteiger partial charge in [0.25, 0.3) is 0 Å². The summed E-state index contributed by atoms with van der Waals surface area (Å²) in [6.45, 7) is 2.28. The molecule has 0 aliphatic rings. The van der Waals surface area contributed by atoms with E-state index in [9.17, 15) is 22.0 Å². The second-order valence-electron chi connectivity index (χ2n) is 9.00. The van der Waals surface area contributed by atoms with Gasteiger partial charge in [-0.05, 0) is 66.3 Å². The van der Waals surface area contributed by atoms with Crippen molar-refractivity contribution < 1.29 is 35.8 Å². The van der Waals surface area contributed by atoms with Gasteiger partial charge < -0.3 is 9.47 Å². The van der Waals surface area contributed by atoms with Crippen molar-refractivity contribution in [1.82, 2.24) is 0 Å². The van der Waals surface area contributed by atoms with Crippen LogP contribution in [0, 0.1) is 17.5 Å². The van der Waals surface area contributed by atoms with E-state index in [-0.39, 0.29) is 29.3 Å². The van der Waals surface area contributed by atoms with E-state index in [2.05, 4.69) is 4.74 Å². The van der Waals surface area contributed by atoms with Crippen LogP contribution in [0.25, 0.3) is 10.8 Å². The molecule has 4 rings (SSSR count). The molecule has 0 aliphatic carbocycles. The Morgan fingerprint density at radius 3 is 2.00 bits per heavy atom. The fourth-order valence-corrected chi connectivity index (χ4v) is 4.26. The van der Waals surface area contributed by atoms with Gasteiger partial charge in [0.1, 0.15) is 29.0 Å². The van der Waals surface area contributed by atoms with Crippen LogP contribution in [0.3, 0.4) is 0 Å². The fraction of sp³-hybridized carbons (Fsp3) is 0.267. The molecule has 0 N–H and O–H groups in total. The Balaban J connectivity index is 1.41. The van der Waals surface area contributed by atoms with E-state index in [0.717, 1.165) is 17.5 Å². The van der Waals surface area contributed by atoms with Gasteiger partial charge in [0.2, 0.25) is 0 Å². The Hall–Kier alpha value is -3.68. The van der Waals surface area contributed by atoms with Crippen LogP contribution in [0.1, 0.15) is 35.6 Å². The van der Waals surface area contributed by atoms with Crippen molar-refractivity contribution >= 4 is 10.8 Å². The third-order valence-corrected chi connectivity index (χ3v) is 6.19. The molecule has 38 heavy (non-hydrogen) atoms. The van der Waals surface area contributed by atoms with Gasteiger partial charge in [-0.1, -0.05) is 49.4 Å². The van der Waals surface area contributed by atoms with E-state index in [4.69, 9.17) is 4.74 Å². The van der Waals surface area contributed by atoms with E-state index >= 15 is 4.39 Å². The quantitative estimate of drug-likeness (QED) is 0.191. The van der Waals surface area contributed by atoms with Crippen molar-refractivity contribution in [3.8, 4) is 11.5 Å². The number of ether oxygens (including phenoxy) is 2. The summed E-state index contributed by atoms with van der Waals surface area (Å²) >= 11 is 0. The number of benzene rings is 4. The smallest absolute Gasteiger partial charge is 0.493 e. The van der Waals surface area contributed by atoms with Crippen LogP contribution >= 0.6 is 0 Å². The lowest BCUT2D eigenvalue weighted by molar-refractivity contribution is -0.274. The van der Waals surface area contributed by atoms with Crippen molar-refractivity contribution in [3.05, 3.63) is 106 Å². The Morgan fingerprint density at radius 1 is 0.684 bits per heavy atom. The zero-order valence-corrected chi connectivity index (χ0v) is 20.7. The number of hydrogen-bond donors (Lipinski definition) is 0. The topological polar surface area (TPSA) is 18.5 Å². The van der Waals surface area contributed by atoms with Gasteiger partial charge in [0.15, 0.2) is 0 Å². The average molecular weight is 533 g/mol. The van der Waals surface area contributed by atoms with Crippen LogP contribution < -0.4 is 9.47 Å². The lowest BCUT2D eigenvalue weighted by Crippen LogP contribution is -2.17. The molecular formula is C30H26F6O2. The molecule has 200 valence electrons. The number of rotatable bonds is 10. The first-order chi connectivity index (χ1) is 18.1. The maximum atomic E-state index is 15.2. The summed E-state index contributed by atoms with van der Waals surface area (Å²) in [6, 6.07) is 16.5. The van der Waals surface area contributed by atoms with Crippen LogP contribution in [-0.4, -0.2) is 13.0 Å². The van der Waals surface area contributed by atoms with Crippen LogP contribution in [0.5, 0.6) is 11.5 Å². The molecule has 2 nitrogen and oxygen atoms in total. The first-order valence-electron chi connectivity index (χ1n) is 12.3. The van der Waals surface area contributed by atoms with Gasteiger partial charge in [-0.3, -0.25) is 0 Å². The Morgan fingerprint density at radius 2 is 1.34 bits per heavy atom. The van der Waals surface area contributed by atoms with Crippen molar-refractivity contribution in [3.63, 3.8) is 0 Å². The highest BCUT2D eigenvalue weighted by molar-refractivity contribution is 5.84. The molecule has 0 aromatic heterocycles. The van der Waals surface area contributed by atoms with Gasteiger partial charge in [0.05, 0.1) is 6.61 Å². The number of alkyl halides is 3. The Bertz CT molecular complexity index is 1370. The number of halogens is 6. The van der Waals surface area contributed by atoms with E-state index in [1.165, 1.54) is 36.4 Å². The lowest BCUT2D eigenvalue weighted by atomic mass is 9.97. The van der Waals surface area contributed by atoms with Crippen molar-refractivity contribution in [2.45, 2.75) is 45.4 Å². The van der Waals surface area contributed by atoms with Gasteiger partial charge in [-0.2, -0.15) is 0 Å². The molecule has 0 bridgehead atoms. The first-order valence-corrected chi connectivity index (χ1v) is 12.3. The maximum absolute atomic E-state index is 15.2. The normalized spacial score (nSPS) is 11.7. The summed E-state index contributed by atoms with van der Waals surface area (Å²) in [6.07, 6.45) is -2.71. The van der Waals surface area contributed by atoms with Crippen molar-refractivity contribution in [2.24, 2.45) is 0 Å². The monoisotopic (exact) mass is 532 g/mol. The summed E-state index contributed by atoms with van der Waals surface area (Å²) in [4.78, 5) is 0. The molecule has 4 aromatic carbocycles. The molecule has 0 saturated heterocycles. The van der Waals surface area contributed by atoms with Gasteiger partial charge >= 0.3 is 6.36 Å². The van der Waals surface area contributed by atoms with Gasteiger partial charge in [0, 0.05) is 23.1 Å². The fourth-order valence-electron chi connectivity index (χ4n) is 4.26. The van der Waals surface area contributed by atoms with E-state index in [0.29, 0.717) is 42.2 Å². The summed E-state index contributed by atoms with van der Waals surface area (Å²) in [5.41, 5.74) is 2.03. The SMILES string of the molecule is CCCOc1cc(F)c(CCc2ccc3c(F)c(CCc4ccc(OC(F)(F)F)cc4)ccc3c2)c(F)c1. The van der Waals surface area contributed by atoms with Gasteiger partial charge in [-0.25, -0.2) is 13.2 Å². The van der Waals surface area contributed by atoms with Crippen LogP contribution in [0.4, 0.5) is 26.3 Å². The highest BCUT2D eigenvalue weighted by Gasteiger charge is 2.30. The Labute approximate surface area is 216 Å². The standard InChI is InChI=1S/C30H26F6O2/c1-2-15-37-24-17-27(31)26(28(32)18-24)14-7-20-6-13-25-22(16-20)10-9-21(29(25)33)8-3-19-4-11-23(12-5-19)38-30(34,35)36/h4-6,9-13,16-18H,2-3,7-8,14-15H2,1H3. The molecule has 0 atom stereocenters. The maximum Gasteiger partial charge on any atom is 0.573 e. The number of aryl methyl sites for hydroxylation is 3. The molecule has 0 fully saturated rings. The highest BCUT2D eigenvalue weighted by Crippen LogP contribution is 2.27. The second kappa shape index (κ2) is 11.8. The number of hydrogen-bond acceptors (Lipinski definition) is 2. The predicted molar refractivity (Wildman–Crippen MR) is 134 cm³/mol. The average Bonchev–Trinajstić information content (AvgIpc) is 2.86. The summed E-state index contributed by atoms with van der Waals surface area (Å²) in [7, 11) is 0. The molecule has 0 radical (unpaired) electrons. The third kappa shape index (κ3) is 7.00. The molecule has 8 heteroatoms. The zero-order valence-electron chi connectivity index (χ0n) is 20.7. The zero-order chi connectivity index (χ0) is 27.3. The summed E-state index contributed by atoms with van der Waals surface area (Å²) in [5.74, 6) is -1.83. The van der Waals surface area contributed by atoms with Crippen molar-refractivity contribution in [2.75, 3.05) is 6.61 Å². The van der Waals surface area contributed by atoms with Crippen molar-refractivity contribution in [1.29, 1.82) is 0 Å². The molecule has 0 amide bonds. The minimum Gasteiger partial charge on any atom is -0.493 e. The van der Waals surface area contributed by atoms with E-state index < -0.39 is 18.0 Å². The molecule has 0 aliphatic heterocycles. The summed E-state index contributed by atoms with van der Waals surface area (Å²) < 4.78 is 90.2. The minimum absolute atomic E-state index is 0.0199. The predicted octanol–water partition coefficient (Wildman–Crippen LogP) is 8.51. The second-order valence-corrected chi connectivity index (χ2v) is 9.00. The third-order valence-electron chi connectivity index (χ3n) is 6.19. The van der Waals surface area contributed by atoms with Gasteiger partial charge in [-0.15, -0.1) is 13.2 Å². The van der Waals surface area contributed by atoms with Crippen LogP contribution in [-0.2, 0) is 25.7 Å². The van der Waals surface area contributed by atoms with Crippen LogP contribution in [0.15, 0.2) is 66.7 Å². The lowest BCUT2D eigenvalue weighted by Gasteiger charge is -2.11. The molecule has 4 aromatic rings. The molecule has 0 saturated carbocycles.